The summed E-state index contributed by atoms with van der Waals surface area (Å²) in [4.78, 5) is 15.4. The number of anilines is 2. The third-order valence-corrected chi connectivity index (χ3v) is 3.84. The molecule has 1 aromatic carbocycles. The predicted octanol–water partition coefficient (Wildman–Crippen LogP) is 0.726. The molecule has 20 heavy (non-hydrogen) atoms. The molecule has 2 aliphatic rings. The van der Waals surface area contributed by atoms with Crippen molar-refractivity contribution in [2.45, 2.75) is 12.5 Å². The standard InChI is InChI=1S/C14H18FN3O2/c15-11-9-10(18-4-3-12(16)14(18)19)1-2-13(11)17-5-7-20-8-6-17/h1-2,9,12H,3-8,16H2/t12-/m0/s1. The van der Waals surface area contributed by atoms with E-state index in [0.717, 1.165) is 0 Å². The number of nitrogens with two attached hydrogens (primary N) is 1. The number of rotatable bonds is 2. The molecule has 2 aliphatic heterocycles. The van der Waals surface area contributed by atoms with E-state index in [0.29, 0.717) is 50.6 Å². The molecular formula is C14H18FN3O2. The molecule has 2 heterocycles. The first-order chi connectivity index (χ1) is 9.66. The number of carbonyl (C=O) groups is 1. The first kappa shape index (κ1) is 13.3. The van der Waals surface area contributed by atoms with Crippen molar-refractivity contribution in [2.75, 3.05) is 42.6 Å². The molecule has 1 atom stereocenters. The summed E-state index contributed by atoms with van der Waals surface area (Å²) in [5, 5.41) is 0. The number of carbonyl (C=O) groups excluding carboxylic acids is 1. The van der Waals surface area contributed by atoms with Crippen molar-refractivity contribution in [1.82, 2.24) is 0 Å². The molecule has 0 bridgehead atoms. The van der Waals surface area contributed by atoms with E-state index < -0.39 is 6.04 Å². The molecule has 0 aliphatic carbocycles. The molecule has 2 N–H and O–H groups in total. The normalized spacial score (nSPS) is 23.5. The van der Waals surface area contributed by atoms with Crippen molar-refractivity contribution in [3.05, 3.63) is 24.0 Å². The molecule has 2 saturated heterocycles. The van der Waals surface area contributed by atoms with Gasteiger partial charge in [0.25, 0.3) is 0 Å². The van der Waals surface area contributed by atoms with Gasteiger partial charge in [0, 0.05) is 25.3 Å². The Hall–Kier alpha value is -1.66. The van der Waals surface area contributed by atoms with Gasteiger partial charge in [0.2, 0.25) is 5.91 Å². The monoisotopic (exact) mass is 279 g/mol. The Balaban J connectivity index is 1.82. The Kier molecular flexibility index (Phi) is 3.58. The largest absolute Gasteiger partial charge is 0.378 e. The number of amides is 1. The molecule has 3 rings (SSSR count). The first-order valence-electron chi connectivity index (χ1n) is 6.86. The van der Waals surface area contributed by atoms with Gasteiger partial charge in [-0.1, -0.05) is 0 Å². The maximum absolute atomic E-state index is 14.3. The van der Waals surface area contributed by atoms with Crippen LogP contribution in [-0.2, 0) is 9.53 Å². The fraction of sp³-hybridized carbons (Fsp3) is 0.500. The summed E-state index contributed by atoms with van der Waals surface area (Å²) in [6, 6.07) is 4.47. The van der Waals surface area contributed by atoms with Crippen molar-refractivity contribution in [3.63, 3.8) is 0 Å². The van der Waals surface area contributed by atoms with E-state index in [-0.39, 0.29) is 11.7 Å². The second-order valence-electron chi connectivity index (χ2n) is 5.12. The van der Waals surface area contributed by atoms with Gasteiger partial charge in [-0.15, -0.1) is 0 Å². The lowest BCUT2D eigenvalue weighted by atomic mass is 10.2. The number of halogens is 1. The molecule has 5 nitrogen and oxygen atoms in total. The SMILES string of the molecule is N[C@H]1CCN(c2ccc(N3CCOCC3)c(F)c2)C1=O. The van der Waals surface area contributed by atoms with E-state index in [2.05, 4.69) is 0 Å². The van der Waals surface area contributed by atoms with Gasteiger partial charge in [-0.3, -0.25) is 4.79 Å². The zero-order chi connectivity index (χ0) is 14.1. The van der Waals surface area contributed by atoms with E-state index in [1.807, 2.05) is 4.90 Å². The molecule has 6 heteroatoms. The minimum atomic E-state index is -0.461. The topological polar surface area (TPSA) is 58.8 Å². The van der Waals surface area contributed by atoms with Crippen LogP contribution in [0.1, 0.15) is 6.42 Å². The first-order valence-corrected chi connectivity index (χ1v) is 6.86. The van der Waals surface area contributed by atoms with Gasteiger partial charge in [-0.25, -0.2) is 4.39 Å². The van der Waals surface area contributed by atoms with Gasteiger partial charge < -0.3 is 20.3 Å². The second kappa shape index (κ2) is 5.38. The number of ether oxygens (including phenoxy) is 1. The van der Waals surface area contributed by atoms with E-state index in [9.17, 15) is 9.18 Å². The molecular weight excluding hydrogens is 261 g/mol. The van der Waals surface area contributed by atoms with Crippen LogP contribution >= 0.6 is 0 Å². The summed E-state index contributed by atoms with van der Waals surface area (Å²) in [6.07, 6.45) is 0.617. The summed E-state index contributed by atoms with van der Waals surface area (Å²) in [6.45, 7) is 3.14. The maximum atomic E-state index is 14.3. The lowest BCUT2D eigenvalue weighted by Gasteiger charge is -2.29. The highest BCUT2D eigenvalue weighted by Crippen LogP contribution is 2.27. The average Bonchev–Trinajstić information content (AvgIpc) is 2.80. The Morgan fingerprint density at radius 3 is 2.60 bits per heavy atom. The predicted molar refractivity (Wildman–Crippen MR) is 74.4 cm³/mol. The molecule has 1 aromatic rings. The van der Waals surface area contributed by atoms with Crippen molar-refractivity contribution in [2.24, 2.45) is 5.73 Å². The smallest absolute Gasteiger partial charge is 0.243 e. The van der Waals surface area contributed by atoms with Crippen molar-refractivity contribution in [3.8, 4) is 0 Å². The summed E-state index contributed by atoms with van der Waals surface area (Å²) in [5.41, 5.74) is 6.83. The summed E-state index contributed by atoms with van der Waals surface area (Å²) in [5.74, 6) is -0.443. The van der Waals surface area contributed by atoms with Gasteiger partial charge in [-0.2, -0.15) is 0 Å². The molecule has 0 spiro atoms. The van der Waals surface area contributed by atoms with Crippen LogP contribution in [0.2, 0.25) is 0 Å². The number of benzene rings is 1. The van der Waals surface area contributed by atoms with Crippen LogP contribution in [0.5, 0.6) is 0 Å². The molecule has 2 fully saturated rings. The third kappa shape index (κ3) is 2.36. The zero-order valence-electron chi connectivity index (χ0n) is 11.2. The van der Waals surface area contributed by atoms with Gasteiger partial charge >= 0.3 is 0 Å². The highest BCUT2D eigenvalue weighted by molar-refractivity contribution is 5.99. The van der Waals surface area contributed by atoms with E-state index >= 15 is 0 Å². The number of hydrogen-bond donors (Lipinski definition) is 1. The minimum absolute atomic E-state index is 0.136. The molecule has 0 saturated carbocycles. The fourth-order valence-corrected chi connectivity index (χ4v) is 2.68. The van der Waals surface area contributed by atoms with Crippen LogP contribution in [0, 0.1) is 5.82 Å². The van der Waals surface area contributed by atoms with E-state index in [4.69, 9.17) is 10.5 Å². The summed E-state index contributed by atoms with van der Waals surface area (Å²) >= 11 is 0. The average molecular weight is 279 g/mol. The Morgan fingerprint density at radius 1 is 1.25 bits per heavy atom. The van der Waals surface area contributed by atoms with E-state index in [1.165, 1.54) is 6.07 Å². The third-order valence-electron chi connectivity index (χ3n) is 3.84. The number of morpholine rings is 1. The zero-order valence-corrected chi connectivity index (χ0v) is 11.2. The number of nitrogens with zero attached hydrogens (tertiary/aromatic N) is 2. The fourth-order valence-electron chi connectivity index (χ4n) is 2.68. The lowest BCUT2D eigenvalue weighted by Crippen LogP contribution is -2.37. The minimum Gasteiger partial charge on any atom is -0.378 e. The molecule has 0 unspecified atom stereocenters. The quantitative estimate of drug-likeness (QED) is 0.867. The Labute approximate surface area is 117 Å². The van der Waals surface area contributed by atoms with E-state index in [1.54, 1.807) is 17.0 Å². The van der Waals surface area contributed by atoms with Gasteiger partial charge in [-0.05, 0) is 24.6 Å². The van der Waals surface area contributed by atoms with Crippen LogP contribution in [-0.4, -0.2) is 44.8 Å². The van der Waals surface area contributed by atoms with Crippen molar-refractivity contribution in [1.29, 1.82) is 0 Å². The van der Waals surface area contributed by atoms with Crippen LogP contribution < -0.4 is 15.5 Å². The molecule has 1 amide bonds. The van der Waals surface area contributed by atoms with Gasteiger partial charge in [0.05, 0.1) is 24.9 Å². The molecule has 0 radical (unpaired) electrons. The van der Waals surface area contributed by atoms with Crippen LogP contribution in [0.25, 0.3) is 0 Å². The van der Waals surface area contributed by atoms with Crippen LogP contribution in [0.4, 0.5) is 15.8 Å². The van der Waals surface area contributed by atoms with Crippen molar-refractivity contribution < 1.29 is 13.9 Å². The van der Waals surface area contributed by atoms with Crippen molar-refractivity contribution >= 4 is 17.3 Å². The number of hydrogen-bond acceptors (Lipinski definition) is 4. The summed E-state index contributed by atoms with van der Waals surface area (Å²) in [7, 11) is 0. The molecule has 0 aromatic heterocycles. The summed E-state index contributed by atoms with van der Waals surface area (Å²) < 4.78 is 19.5. The van der Waals surface area contributed by atoms with Crippen LogP contribution in [0.15, 0.2) is 18.2 Å². The highest BCUT2D eigenvalue weighted by atomic mass is 19.1. The lowest BCUT2D eigenvalue weighted by molar-refractivity contribution is -0.118. The maximum Gasteiger partial charge on any atom is 0.243 e. The Morgan fingerprint density at radius 2 is 2.00 bits per heavy atom. The van der Waals surface area contributed by atoms with Gasteiger partial charge in [0.1, 0.15) is 5.82 Å². The second-order valence-corrected chi connectivity index (χ2v) is 5.12. The van der Waals surface area contributed by atoms with Crippen LogP contribution in [0.3, 0.4) is 0 Å². The highest BCUT2D eigenvalue weighted by Gasteiger charge is 2.30. The molecule has 108 valence electrons. The Bertz CT molecular complexity index is 517. The van der Waals surface area contributed by atoms with Gasteiger partial charge in [0.15, 0.2) is 0 Å².